The molecule has 5 nitrogen and oxygen atoms in total. The monoisotopic (exact) mass is 364 g/mol. The van der Waals surface area contributed by atoms with Crippen molar-refractivity contribution in [3.63, 3.8) is 0 Å². The average molecular weight is 365 g/mol. The number of methoxy groups -OCH3 is 1. The largest absolute Gasteiger partial charge is 0.496 e. The lowest BCUT2D eigenvalue weighted by molar-refractivity contribution is -0.116. The van der Waals surface area contributed by atoms with Crippen molar-refractivity contribution < 1.29 is 13.9 Å². The van der Waals surface area contributed by atoms with Crippen LogP contribution in [-0.4, -0.2) is 18.0 Å². The van der Waals surface area contributed by atoms with Crippen LogP contribution in [-0.2, 0) is 11.3 Å². The highest BCUT2D eigenvalue weighted by Crippen LogP contribution is 2.24. The Hall–Kier alpha value is -2.08. The summed E-state index contributed by atoms with van der Waals surface area (Å²) in [5.74, 6) is 1.73. The van der Waals surface area contributed by atoms with Gasteiger partial charge in [-0.3, -0.25) is 4.79 Å². The third kappa shape index (κ3) is 4.21. The van der Waals surface area contributed by atoms with Gasteiger partial charge in [-0.15, -0.1) is 0 Å². The van der Waals surface area contributed by atoms with Gasteiger partial charge in [0.05, 0.1) is 19.3 Å². The standard InChI is InChI=1S/C16H17BrN2O3/c1-10-11(2)22-16(19-10)9-18-15(20)7-4-12-8-13(17)5-6-14(12)21-3/h4-8H,9H2,1-3H3,(H,18,20). The smallest absolute Gasteiger partial charge is 0.244 e. The minimum absolute atomic E-state index is 0.226. The number of oxazole rings is 1. The van der Waals surface area contributed by atoms with Crippen LogP contribution in [0.2, 0.25) is 0 Å². The lowest BCUT2D eigenvalue weighted by Gasteiger charge is -2.05. The quantitative estimate of drug-likeness (QED) is 0.825. The Morgan fingerprint density at radius 1 is 1.45 bits per heavy atom. The topological polar surface area (TPSA) is 64.4 Å². The summed E-state index contributed by atoms with van der Waals surface area (Å²) in [6.07, 6.45) is 3.15. The molecule has 0 unspecified atom stereocenters. The summed E-state index contributed by atoms with van der Waals surface area (Å²) < 4.78 is 11.6. The molecule has 0 fully saturated rings. The molecule has 116 valence electrons. The van der Waals surface area contributed by atoms with Gasteiger partial charge in [-0.2, -0.15) is 0 Å². The fourth-order valence-electron chi connectivity index (χ4n) is 1.84. The van der Waals surface area contributed by atoms with Crippen LogP contribution in [0.3, 0.4) is 0 Å². The number of carbonyl (C=O) groups is 1. The Balaban J connectivity index is 1.98. The van der Waals surface area contributed by atoms with Crippen molar-refractivity contribution in [1.82, 2.24) is 10.3 Å². The molecule has 1 aromatic heterocycles. The Morgan fingerprint density at radius 3 is 2.86 bits per heavy atom. The number of amides is 1. The Bertz CT molecular complexity index is 688. The maximum absolute atomic E-state index is 11.8. The number of benzene rings is 1. The maximum atomic E-state index is 11.8. The SMILES string of the molecule is COc1ccc(Br)cc1C=CC(=O)NCc1nc(C)c(C)o1. The van der Waals surface area contributed by atoms with E-state index in [0.717, 1.165) is 21.5 Å². The highest BCUT2D eigenvalue weighted by atomic mass is 79.9. The van der Waals surface area contributed by atoms with Gasteiger partial charge in [0.25, 0.3) is 0 Å². The number of hydrogen-bond donors (Lipinski definition) is 1. The third-order valence-electron chi connectivity index (χ3n) is 3.09. The number of ether oxygens (including phenoxy) is 1. The van der Waals surface area contributed by atoms with Crippen LogP contribution >= 0.6 is 15.9 Å². The predicted octanol–water partition coefficient (Wildman–Crippen LogP) is 3.39. The fourth-order valence-corrected chi connectivity index (χ4v) is 2.22. The fraction of sp³-hybridized carbons (Fsp3) is 0.250. The number of nitrogens with zero attached hydrogens (tertiary/aromatic N) is 1. The van der Waals surface area contributed by atoms with E-state index in [1.807, 2.05) is 32.0 Å². The van der Waals surface area contributed by atoms with E-state index in [1.165, 1.54) is 6.08 Å². The molecule has 0 saturated carbocycles. The lowest BCUT2D eigenvalue weighted by atomic mass is 10.2. The number of rotatable bonds is 5. The van der Waals surface area contributed by atoms with Crippen molar-refractivity contribution in [3.8, 4) is 5.75 Å². The predicted molar refractivity (Wildman–Crippen MR) is 87.6 cm³/mol. The summed E-state index contributed by atoms with van der Waals surface area (Å²) in [4.78, 5) is 16.1. The van der Waals surface area contributed by atoms with Gasteiger partial charge in [0.15, 0.2) is 0 Å². The van der Waals surface area contributed by atoms with Crippen molar-refractivity contribution in [1.29, 1.82) is 0 Å². The van der Waals surface area contributed by atoms with Crippen molar-refractivity contribution in [2.75, 3.05) is 7.11 Å². The first kappa shape index (κ1) is 16.3. The molecule has 0 bridgehead atoms. The number of halogens is 1. The van der Waals surface area contributed by atoms with E-state index >= 15 is 0 Å². The minimum Gasteiger partial charge on any atom is -0.496 e. The molecule has 0 aliphatic heterocycles. The third-order valence-corrected chi connectivity index (χ3v) is 3.59. The molecule has 22 heavy (non-hydrogen) atoms. The minimum atomic E-state index is -0.226. The zero-order chi connectivity index (χ0) is 16.1. The van der Waals surface area contributed by atoms with Gasteiger partial charge in [-0.05, 0) is 38.1 Å². The second-order valence-corrected chi connectivity index (χ2v) is 5.60. The second-order valence-electron chi connectivity index (χ2n) is 4.69. The van der Waals surface area contributed by atoms with Crippen molar-refractivity contribution in [2.24, 2.45) is 0 Å². The van der Waals surface area contributed by atoms with Gasteiger partial charge in [0.1, 0.15) is 11.5 Å². The van der Waals surface area contributed by atoms with Crippen LogP contribution in [0, 0.1) is 13.8 Å². The summed E-state index contributed by atoms with van der Waals surface area (Å²) in [5.41, 5.74) is 1.65. The van der Waals surface area contributed by atoms with Gasteiger partial charge in [-0.1, -0.05) is 15.9 Å². The zero-order valence-electron chi connectivity index (χ0n) is 12.6. The summed E-state index contributed by atoms with van der Waals surface area (Å²) in [6.45, 7) is 3.96. The molecular weight excluding hydrogens is 348 g/mol. The highest BCUT2D eigenvalue weighted by Gasteiger charge is 2.06. The van der Waals surface area contributed by atoms with Crippen molar-refractivity contribution >= 4 is 27.9 Å². The molecule has 0 aliphatic carbocycles. The first-order valence-corrected chi connectivity index (χ1v) is 7.51. The molecule has 2 aromatic rings. The number of carbonyl (C=O) groups excluding carboxylic acids is 1. The lowest BCUT2D eigenvalue weighted by Crippen LogP contribution is -2.20. The number of aryl methyl sites for hydroxylation is 2. The molecule has 0 spiro atoms. The molecule has 2 rings (SSSR count). The summed E-state index contributed by atoms with van der Waals surface area (Å²) >= 11 is 3.39. The summed E-state index contributed by atoms with van der Waals surface area (Å²) in [5, 5.41) is 2.73. The van der Waals surface area contributed by atoms with E-state index in [9.17, 15) is 4.79 Å². The molecule has 1 amide bonds. The zero-order valence-corrected chi connectivity index (χ0v) is 14.2. The number of nitrogens with one attached hydrogen (secondary N) is 1. The highest BCUT2D eigenvalue weighted by molar-refractivity contribution is 9.10. The van der Waals surface area contributed by atoms with Crippen LogP contribution in [0.1, 0.15) is 22.9 Å². The molecule has 0 saturated heterocycles. The summed E-state index contributed by atoms with van der Waals surface area (Å²) in [7, 11) is 1.59. The molecule has 0 aliphatic rings. The van der Waals surface area contributed by atoms with Gasteiger partial charge in [-0.25, -0.2) is 4.98 Å². The van der Waals surface area contributed by atoms with Crippen LogP contribution in [0.5, 0.6) is 5.75 Å². The van der Waals surface area contributed by atoms with Crippen molar-refractivity contribution in [3.05, 3.63) is 51.7 Å². The van der Waals surface area contributed by atoms with E-state index in [0.29, 0.717) is 11.6 Å². The molecule has 1 aromatic carbocycles. The normalized spacial score (nSPS) is 10.9. The van der Waals surface area contributed by atoms with Gasteiger partial charge >= 0.3 is 0 Å². The van der Waals surface area contributed by atoms with Gasteiger partial charge < -0.3 is 14.5 Å². The van der Waals surface area contributed by atoms with Crippen LogP contribution in [0.4, 0.5) is 0 Å². The Kier molecular flexibility index (Phi) is 5.38. The van der Waals surface area contributed by atoms with Crippen molar-refractivity contribution in [2.45, 2.75) is 20.4 Å². The number of hydrogen-bond acceptors (Lipinski definition) is 4. The average Bonchev–Trinajstić information content (AvgIpc) is 2.82. The van der Waals surface area contributed by atoms with Crippen LogP contribution in [0.15, 0.2) is 33.2 Å². The Morgan fingerprint density at radius 2 is 2.23 bits per heavy atom. The molecule has 0 atom stereocenters. The number of aromatic nitrogens is 1. The molecule has 0 radical (unpaired) electrons. The van der Waals surface area contributed by atoms with Crippen LogP contribution in [0.25, 0.3) is 6.08 Å². The second kappa shape index (κ2) is 7.26. The summed E-state index contributed by atoms with van der Waals surface area (Å²) in [6, 6.07) is 5.59. The molecular formula is C16H17BrN2O3. The molecule has 6 heteroatoms. The van der Waals surface area contributed by atoms with E-state index in [-0.39, 0.29) is 12.5 Å². The first-order valence-electron chi connectivity index (χ1n) is 6.72. The molecule has 1 heterocycles. The van der Waals surface area contributed by atoms with E-state index in [4.69, 9.17) is 9.15 Å². The molecule has 1 N–H and O–H groups in total. The van der Waals surface area contributed by atoms with Gasteiger partial charge in [0, 0.05) is 16.1 Å². The van der Waals surface area contributed by atoms with E-state index in [2.05, 4.69) is 26.2 Å². The van der Waals surface area contributed by atoms with Gasteiger partial charge in [0.2, 0.25) is 11.8 Å². The van der Waals surface area contributed by atoms with E-state index in [1.54, 1.807) is 13.2 Å². The first-order chi connectivity index (χ1) is 10.5. The van der Waals surface area contributed by atoms with Crippen LogP contribution < -0.4 is 10.1 Å². The maximum Gasteiger partial charge on any atom is 0.244 e. The van der Waals surface area contributed by atoms with E-state index < -0.39 is 0 Å². The Labute approximate surface area is 137 Å².